The van der Waals surface area contributed by atoms with Gasteiger partial charge in [0.05, 0.1) is 82.8 Å². The van der Waals surface area contributed by atoms with Gasteiger partial charge in [0, 0.05) is 57.2 Å². The fourth-order valence-corrected chi connectivity index (χ4v) is 7.31. The average Bonchev–Trinajstić information content (AvgIpc) is 3.89. The third-order valence-electron chi connectivity index (χ3n) is 10.0. The van der Waals surface area contributed by atoms with Crippen molar-refractivity contribution in [2.45, 2.75) is 89.8 Å². The predicted octanol–water partition coefficient (Wildman–Crippen LogP) is 4.47. The van der Waals surface area contributed by atoms with E-state index in [2.05, 4.69) is 55.6 Å². The Kier molecular flexibility index (Phi) is 16.5. The van der Waals surface area contributed by atoms with Crippen LogP contribution in [0, 0.1) is 11.3 Å². The van der Waals surface area contributed by atoms with E-state index in [1.807, 2.05) is 29.9 Å². The Morgan fingerprint density at radius 3 is 2.26 bits per heavy atom. The van der Waals surface area contributed by atoms with E-state index in [0.29, 0.717) is 101 Å². The lowest BCUT2D eigenvalue weighted by Crippen LogP contribution is -2.51. The molecule has 0 radical (unpaired) electrons. The Morgan fingerprint density at radius 1 is 0.897 bits per heavy atom. The summed E-state index contributed by atoms with van der Waals surface area (Å²) in [6, 6.07) is 8.42. The van der Waals surface area contributed by atoms with Crippen LogP contribution >= 0.6 is 0 Å². The number of nitriles is 1. The highest BCUT2D eigenvalue weighted by atomic mass is 16.6. The number of anilines is 2. The molecule has 0 unspecified atom stereocenters. The first-order chi connectivity index (χ1) is 28.4. The van der Waals surface area contributed by atoms with Gasteiger partial charge < -0.3 is 38.5 Å². The SMILES string of the molecule is COCCOCCOCCOCCCOc1nn(C2CCC(N3C[C@@H](C)O[C@@H](C)C3)CC2)cc1Nc1ncc(-c2ccc(C#N)c(O[C@@H](C)Cn3cnnn3)c2)cn1. The first kappa shape index (κ1) is 42.8. The van der Waals surface area contributed by atoms with Gasteiger partial charge in [-0.25, -0.2) is 14.6 Å². The maximum Gasteiger partial charge on any atom is 0.256 e. The second-order valence-corrected chi connectivity index (χ2v) is 14.7. The van der Waals surface area contributed by atoms with Crippen LogP contribution in [-0.4, -0.2) is 142 Å². The summed E-state index contributed by atoms with van der Waals surface area (Å²) in [5, 5.41) is 29.2. The molecular weight excluding hydrogens is 747 g/mol. The standard InChI is InChI=1S/C40H57N11O7/c1-29-24-49(25-30(2)57-29)35-8-10-36(11-9-35)51-27-37(39(46-51)56-13-5-12-53-16-17-55-19-18-54-15-14-52-4)45-40-42-22-34(23-43-40)32-6-7-33(21-41)38(20-32)58-31(3)26-50-28-44-47-48-50/h6-7,20,22-23,27-31,35-36H,5,8-19,24-26H2,1-4H3,(H,42,43,45)/t29-,30+,31-,35?,36?/m0/s1. The number of morpholine rings is 1. The van der Waals surface area contributed by atoms with Gasteiger partial charge in [-0.1, -0.05) is 6.07 Å². The van der Waals surface area contributed by atoms with Crippen LogP contribution in [0.25, 0.3) is 11.1 Å². The molecule has 1 aliphatic heterocycles. The van der Waals surface area contributed by atoms with Gasteiger partial charge in [0.2, 0.25) is 5.95 Å². The molecule has 1 N–H and O–H groups in total. The lowest BCUT2D eigenvalue weighted by atomic mass is 9.89. The summed E-state index contributed by atoms with van der Waals surface area (Å²) >= 11 is 0. The molecular formula is C40H57N11O7. The van der Waals surface area contributed by atoms with Crippen molar-refractivity contribution >= 4 is 11.6 Å². The van der Waals surface area contributed by atoms with Gasteiger partial charge >= 0.3 is 0 Å². The fraction of sp³-hybridized carbons (Fsp3) is 0.625. The van der Waals surface area contributed by atoms with Gasteiger partial charge in [0.1, 0.15) is 29.9 Å². The first-order valence-corrected chi connectivity index (χ1v) is 20.2. The molecule has 1 saturated carbocycles. The van der Waals surface area contributed by atoms with Crippen molar-refractivity contribution in [1.29, 1.82) is 5.26 Å². The number of nitrogens with one attached hydrogen (secondary N) is 1. The molecule has 18 nitrogen and oxygen atoms in total. The highest BCUT2D eigenvalue weighted by molar-refractivity contribution is 5.67. The Balaban J connectivity index is 1.06. The quantitative estimate of drug-likeness (QED) is 0.103. The topological polar surface area (TPSA) is 191 Å². The van der Waals surface area contributed by atoms with Crippen LogP contribution in [0.15, 0.2) is 43.1 Å². The van der Waals surface area contributed by atoms with E-state index >= 15 is 0 Å². The van der Waals surface area contributed by atoms with Crippen molar-refractivity contribution in [3.05, 3.63) is 48.7 Å². The first-order valence-electron chi connectivity index (χ1n) is 20.2. The van der Waals surface area contributed by atoms with Crippen LogP contribution in [0.3, 0.4) is 0 Å². The lowest BCUT2D eigenvalue weighted by molar-refractivity contribution is -0.0852. The summed E-state index contributed by atoms with van der Waals surface area (Å²) in [6.07, 6.45) is 12.2. The largest absolute Gasteiger partial charge is 0.487 e. The third kappa shape index (κ3) is 12.9. The molecule has 4 heterocycles. The zero-order valence-corrected chi connectivity index (χ0v) is 34.1. The molecule has 1 aliphatic carbocycles. The van der Waals surface area contributed by atoms with E-state index in [1.165, 1.54) is 6.33 Å². The van der Waals surface area contributed by atoms with Gasteiger partial charge in [-0.15, -0.1) is 10.2 Å². The number of hydrogen-bond acceptors (Lipinski definition) is 16. The number of aromatic nitrogens is 8. The molecule has 2 aliphatic rings. The van der Waals surface area contributed by atoms with Crippen molar-refractivity contribution in [3.63, 3.8) is 0 Å². The number of hydrogen-bond donors (Lipinski definition) is 1. The highest BCUT2D eigenvalue weighted by Gasteiger charge is 2.32. The van der Waals surface area contributed by atoms with E-state index < -0.39 is 0 Å². The van der Waals surface area contributed by atoms with Crippen LogP contribution in [0.5, 0.6) is 11.6 Å². The van der Waals surface area contributed by atoms with Gasteiger partial charge in [-0.2, -0.15) is 5.26 Å². The van der Waals surface area contributed by atoms with E-state index in [0.717, 1.165) is 49.9 Å². The van der Waals surface area contributed by atoms with Crippen molar-refractivity contribution in [2.75, 3.05) is 78.4 Å². The molecule has 0 amide bonds. The van der Waals surface area contributed by atoms with Crippen molar-refractivity contribution in [3.8, 4) is 28.8 Å². The average molecular weight is 804 g/mol. The van der Waals surface area contributed by atoms with Crippen molar-refractivity contribution in [2.24, 2.45) is 0 Å². The van der Waals surface area contributed by atoms with Crippen LogP contribution in [0.1, 0.15) is 64.5 Å². The molecule has 0 bridgehead atoms. The minimum Gasteiger partial charge on any atom is -0.487 e. The van der Waals surface area contributed by atoms with E-state index in [1.54, 1.807) is 30.3 Å². The fourth-order valence-electron chi connectivity index (χ4n) is 7.31. The third-order valence-corrected chi connectivity index (χ3v) is 10.0. The number of nitrogens with zero attached hydrogens (tertiary/aromatic N) is 10. The zero-order valence-electron chi connectivity index (χ0n) is 34.1. The van der Waals surface area contributed by atoms with E-state index in [4.69, 9.17) is 38.3 Å². The molecule has 3 atom stereocenters. The Hall–Kier alpha value is -4.77. The number of benzene rings is 1. The van der Waals surface area contributed by atoms with Gasteiger partial charge in [-0.05, 0) is 74.6 Å². The number of ether oxygens (including phenoxy) is 7. The molecule has 4 aromatic rings. The van der Waals surface area contributed by atoms with Crippen LogP contribution < -0.4 is 14.8 Å². The van der Waals surface area contributed by atoms with Crippen LogP contribution in [0.4, 0.5) is 11.6 Å². The molecule has 18 heteroatoms. The normalized spacial score (nSPS) is 20.4. The van der Waals surface area contributed by atoms with E-state index in [9.17, 15) is 5.26 Å². The summed E-state index contributed by atoms with van der Waals surface area (Å²) in [4.78, 5) is 11.9. The Morgan fingerprint density at radius 2 is 1.59 bits per heavy atom. The Bertz CT molecular complexity index is 1820. The molecule has 2 fully saturated rings. The number of methoxy groups -OCH3 is 1. The maximum atomic E-state index is 9.73. The van der Waals surface area contributed by atoms with Crippen molar-refractivity contribution < 1.29 is 33.2 Å². The van der Waals surface area contributed by atoms with Gasteiger partial charge in [-0.3, -0.25) is 9.58 Å². The molecule has 3 aromatic heterocycles. The van der Waals surface area contributed by atoms with Crippen LogP contribution in [-0.2, 0) is 30.2 Å². The van der Waals surface area contributed by atoms with Gasteiger partial charge in [0.25, 0.3) is 5.88 Å². The minimum absolute atomic E-state index is 0.255. The summed E-state index contributed by atoms with van der Waals surface area (Å²) in [6.45, 7) is 12.8. The molecule has 0 spiro atoms. The summed E-state index contributed by atoms with van der Waals surface area (Å²) in [5.74, 6) is 1.35. The summed E-state index contributed by atoms with van der Waals surface area (Å²) < 4.78 is 43.7. The van der Waals surface area contributed by atoms with Crippen molar-refractivity contribution in [1.82, 2.24) is 44.9 Å². The molecule has 1 aromatic carbocycles. The second kappa shape index (κ2) is 22.4. The zero-order chi connectivity index (χ0) is 40.5. The maximum absolute atomic E-state index is 9.73. The van der Waals surface area contributed by atoms with Crippen LogP contribution in [0.2, 0.25) is 0 Å². The number of tetrazole rings is 1. The second-order valence-electron chi connectivity index (χ2n) is 14.7. The number of rotatable bonds is 23. The smallest absolute Gasteiger partial charge is 0.256 e. The molecule has 58 heavy (non-hydrogen) atoms. The highest BCUT2D eigenvalue weighted by Crippen LogP contribution is 2.35. The molecule has 314 valence electrons. The van der Waals surface area contributed by atoms with Gasteiger partial charge in [0.15, 0.2) is 0 Å². The molecule has 1 saturated heterocycles. The lowest BCUT2D eigenvalue weighted by Gasteiger charge is -2.42. The minimum atomic E-state index is -0.284. The summed E-state index contributed by atoms with van der Waals surface area (Å²) in [5.41, 5.74) is 2.69. The predicted molar refractivity (Wildman–Crippen MR) is 213 cm³/mol. The van der Waals surface area contributed by atoms with E-state index in [-0.39, 0.29) is 24.4 Å². The Labute approximate surface area is 340 Å². The monoisotopic (exact) mass is 803 g/mol. The summed E-state index contributed by atoms with van der Waals surface area (Å²) in [7, 11) is 1.65. The molecule has 6 rings (SSSR count).